The van der Waals surface area contributed by atoms with Crippen LogP contribution in [0.2, 0.25) is 0 Å². The van der Waals surface area contributed by atoms with Crippen molar-refractivity contribution in [3.05, 3.63) is 77.6 Å². The maximum Gasteiger partial charge on any atom is 0.159 e. The molecule has 98 valence electrons. The first-order valence-electron chi connectivity index (χ1n) is 6.37. The molecule has 0 unspecified atom stereocenters. The molecular formula is C18H15NO. The molecule has 2 rings (SSSR count). The Morgan fingerprint density at radius 1 is 1.25 bits per heavy atom. The Morgan fingerprint density at radius 3 is 2.65 bits per heavy atom. The molecule has 2 aromatic rings. The number of pyridine rings is 1. The summed E-state index contributed by atoms with van der Waals surface area (Å²) in [6, 6.07) is 9.21. The molecule has 0 spiro atoms. The maximum absolute atomic E-state index is 11.2. The molecular weight excluding hydrogens is 246 g/mol. The number of hydrogen-bond donors (Lipinski definition) is 0. The zero-order valence-corrected chi connectivity index (χ0v) is 11.4. The van der Waals surface area contributed by atoms with Crippen LogP contribution in [0.25, 0.3) is 0 Å². The lowest BCUT2D eigenvalue weighted by atomic mass is 10.1. The Morgan fingerprint density at radius 2 is 2.00 bits per heavy atom. The number of allylic oxidation sites excluding steroid dienone is 1. The highest BCUT2D eigenvalue weighted by molar-refractivity contribution is 5.94. The zero-order chi connectivity index (χ0) is 14.4. The molecule has 0 atom stereocenters. The maximum atomic E-state index is 11.2. The van der Waals surface area contributed by atoms with E-state index in [2.05, 4.69) is 23.4 Å². The van der Waals surface area contributed by atoms with Crippen LogP contribution in [0.4, 0.5) is 0 Å². The molecule has 0 radical (unpaired) electrons. The molecule has 1 aromatic carbocycles. The van der Waals surface area contributed by atoms with E-state index in [9.17, 15) is 4.79 Å². The third kappa shape index (κ3) is 3.43. The number of rotatable bonds is 3. The van der Waals surface area contributed by atoms with E-state index in [1.165, 1.54) is 0 Å². The van der Waals surface area contributed by atoms with Gasteiger partial charge in [-0.1, -0.05) is 30.0 Å². The van der Waals surface area contributed by atoms with Crippen LogP contribution in [0.15, 0.2) is 55.4 Å². The quantitative estimate of drug-likeness (QED) is 0.481. The molecule has 1 heterocycles. The van der Waals surface area contributed by atoms with E-state index >= 15 is 0 Å². The molecule has 0 aliphatic heterocycles. The summed E-state index contributed by atoms with van der Waals surface area (Å²) in [5.74, 6) is 6.30. The fraction of sp³-hybridized carbons (Fsp3) is 0.111. The van der Waals surface area contributed by atoms with Crippen molar-refractivity contribution in [2.75, 3.05) is 0 Å². The first-order chi connectivity index (χ1) is 9.70. The van der Waals surface area contributed by atoms with Crippen LogP contribution in [-0.2, 0) is 6.42 Å². The van der Waals surface area contributed by atoms with Crippen LogP contribution in [0.5, 0.6) is 0 Å². The topological polar surface area (TPSA) is 30.0 Å². The first kappa shape index (κ1) is 13.8. The van der Waals surface area contributed by atoms with E-state index < -0.39 is 0 Å². The first-order valence-corrected chi connectivity index (χ1v) is 6.37. The number of aromatic nitrogens is 1. The Balaban J connectivity index is 2.26. The summed E-state index contributed by atoms with van der Waals surface area (Å²) in [6.07, 6.45) is 6.13. The van der Waals surface area contributed by atoms with Crippen LogP contribution in [0.1, 0.15) is 34.0 Å². The highest BCUT2D eigenvalue weighted by Gasteiger charge is 1.98. The van der Waals surface area contributed by atoms with Crippen molar-refractivity contribution in [2.45, 2.75) is 13.3 Å². The minimum Gasteiger partial charge on any atom is -0.295 e. The average Bonchev–Trinajstić information content (AvgIpc) is 2.47. The normalized spacial score (nSPS) is 9.45. The van der Waals surface area contributed by atoms with Crippen molar-refractivity contribution < 1.29 is 4.79 Å². The predicted molar refractivity (Wildman–Crippen MR) is 80.6 cm³/mol. The van der Waals surface area contributed by atoms with Gasteiger partial charge in [0.15, 0.2) is 5.78 Å². The molecule has 0 saturated carbocycles. The SMILES string of the molecule is C=CCc1cnccc1C#Cc1ccc(C(C)=O)cc1. The third-order valence-electron chi connectivity index (χ3n) is 2.90. The summed E-state index contributed by atoms with van der Waals surface area (Å²) in [5, 5.41) is 0. The minimum atomic E-state index is 0.0620. The van der Waals surface area contributed by atoms with E-state index in [0.29, 0.717) is 5.56 Å². The Kier molecular flexibility index (Phi) is 4.47. The van der Waals surface area contributed by atoms with Gasteiger partial charge in [-0.25, -0.2) is 0 Å². The van der Waals surface area contributed by atoms with E-state index in [1.807, 2.05) is 30.5 Å². The molecule has 0 N–H and O–H groups in total. The summed E-state index contributed by atoms with van der Waals surface area (Å²) in [6.45, 7) is 5.29. The van der Waals surface area contributed by atoms with Crippen LogP contribution >= 0.6 is 0 Å². The summed E-state index contributed by atoms with van der Waals surface area (Å²) in [5.41, 5.74) is 3.61. The van der Waals surface area contributed by atoms with Gasteiger partial charge in [-0.15, -0.1) is 6.58 Å². The molecule has 0 saturated heterocycles. The Labute approximate surface area is 119 Å². The largest absolute Gasteiger partial charge is 0.295 e. The van der Waals surface area contributed by atoms with Crippen molar-refractivity contribution in [3.8, 4) is 11.8 Å². The lowest BCUT2D eigenvalue weighted by Crippen LogP contribution is -1.91. The monoisotopic (exact) mass is 261 g/mol. The van der Waals surface area contributed by atoms with E-state index in [0.717, 1.165) is 23.1 Å². The number of nitrogens with zero attached hydrogens (tertiary/aromatic N) is 1. The van der Waals surface area contributed by atoms with Gasteiger partial charge in [-0.05, 0) is 37.1 Å². The van der Waals surface area contributed by atoms with Gasteiger partial charge in [0.25, 0.3) is 0 Å². The Hall–Kier alpha value is -2.66. The van der Waals surface area contributed by atoms with Gasteiger partial charge in [0, 0.05) is 29.1 Å². The van der Waals surface area contributed by atoms with Gasteiger partial charge in [0.2, 0.25) is 0 Å². The second kappa shape index (κ2) is 6.49. The van der Waals surface area contributed by atoms with Crippen molar-refractivity contribution >= 4 is 5.78 Å². The highest BCUT2D eigenvalue weighted by atomic mass is 16.1. The van der Waals surface area contributed by atoms with Crippen LogP contribution in [0.3, 0.4) is 0 Å². The van der Waals surface area contributed by atoms with Gasteiger partial charge < -0.3 is 0 Å². The van der Waals surface area contributed by atoms with Crippen LogP contribution < -0.4 is 0 Å². The van der Waals surface area contributed by atoms with Gasteiger partial charge >= 0.3 is 0 Å². The smallest absolute Gasteiger partial charge is 0.159 e. The standard InChI is InChI=1S/C18H15NO/c1-3-4-18-13-19-12-11-17(18)10-7-15-5-8-16(9-6-15)14(2)20/h3,5-6,8-9,11-13H,1,4H2,2H3. The number of ketones is 1. The number of Topliss-reactive ketones (excluding diaryl/α,β-unsaturated/α-hetero) is 1. The summed E-state index contributed by atoms with van der Waals surface area (Å²) in [4.78, 5) is 15.3. The van der Waals surface area contributed by atoms with E-state index in [4.69, 9.17) is 0 Å². The van der Waals surface area contributed by atoms with Crippen LogP contribution in [0, 0.1) is 11.8 Å². The molecule has 1 aromatic heterocycles. The van der Waals surface area contributed by atoms with Gasteiger partial charge in [0.05, 0.1) is 0 Å². The Bertz CT molecular complexity index is 687. The number of hydrogen-bond acceptors (Lipinski definition) is 2. The van der Waals surface area contributed by atoms with Gasteiger partial charge in [-0.2, -0.15) is 0 Å². The van der Waals surface area contributed by atoms with Gasteiger partial charge in [0.1, 0.15) is 0 Å². The zero-order valence-electron chi connectivity index (χ0n) is 11.4. The average molecular weight is 261 g/mol. The number of carbonyl (C=O) groups is 1. The summed E-state index contributed by atoms with van der Waals surface area (Å²) in [7, 11) is 0. The second-order valence-electron chi connectivity index (χ2n) is 4.41. The minimum absolute atomic E-state index is 0.0620. The molecule has 0 bridgehead atoms. The fourth-order valence-corrected chi connectivity index (χ4v) is 1.80. The summed E-state index contributed by atoms with van der Waals surface area (Å²) < 4.78 is 0. The molecule has 0 aliphatic carbocycles. The lowest BCUT2D eigenvalue weighted by molar-refractivity contribution is 0.101. The highest BCUT2D eigenvalue weighted by Crippen LogP contribution is 2.08. The second-order valence-corrected chi connectivity index (χ2v) is 4.41. The fourth-order valence-electron chi connectivity index (χ4n) is 1.80. The molecule has 20 heavy (non-hydrogen) atoms. The molecule has 0 fully saturated rings. The molecule has 0 aliphatic rings. The molecule has 0 amide bonds. The lowest BCUT2D eigenvalue weighted by Gasteiger charge is -1.99. The van der Waals surface area contributed by atoms with E-state index in [-0.39, 0.29) is 5.78 Å². The summed E-state index contributed by atoms with van der Waals surface area (Å²) >= 11 is 0. The van der Waals surface area contributed by atoms with E-state index in [1.54, 1.807) is 25.3 Å². The third-order valence-corrected chi connectivity index (χ3v) is 2.90. The molecule has 2 heteroatoms. The van der Waals surface area contributed by atoms with Crippen molar-refractivity contribution in [1.29, 1.82) is 0 Å². The van der Waals surface area contributed by atoms with Crippen molar-refractivity contribution in [1.82, 2.24) is 4.98 Å². The van der Waals surface area contributed by atoms with Crippen molar-refractivity contribution in [2.24, 2.45) is 0 Å². The van der Waals surface area contributed by atoms with Gasteiger partial charge in [-0.3, -0.25) is 9.78 Å². The molecule has 2 nitrogen and oxygen atoms in total. The number of carbonyl (C=O) groups excluding carboxylic acids is 1. The van der Waals surface area contributed by atoms with Crippen molar-refractivity contribution in [3.63, 3.8) is 0 Å². The number of benzene rings is 1. The van der Waals surface area contributed by atoms with Crippen LogP contribution in [-0.4, -0.2) is 10.8 Å². The predicted octanol–water partition coefficient (Wildman–Crippen LogP) is 3.41.